The van der Waals surface area contributed by atoms with Crippen LogP contribution in [0.15, 0.2) is 18.2 Å². The molecule has 1 heterocycles. The molecule has 0 spiro atoms. The second-order valence-corrected chi connectivity index (χ2v) is 6.86. The molecule has 1 aliphatic rings. The van der Waals surface area contributed by atoms with E-state index in [1.54, 1.807) is 0 Å². The Morgan fingerprint density at radius 3 is 2.48 bits per heavy atom. The fourth-order valence-corrected chi connectivity index (χ4v) is 3.00. The fourth-order valence-electron chi connectivity index (χ4n) is 3.00. The minimum Gasteiger partial charge on any atom is -0.385 e. The molecule has 116 valence electrons. The Balaban J connectivity index is 2.27. The first-order chi connectivity index (χ1) is 9.99. The number of rotatable bonds is 5. The van der Waals surface area contributed by atoms with E-state index in [0.717, 1.165) is 43.7 Å². The van der Waals surface area contributed by atoms with Crippen LogP contribution in [0.3, 0.4) is 0 Å². The summed E-state index contributed by atoms with van der Waals surface area (Å²) in [6.45, 7) is 11.3. The van der Waals surface area contributed by atoms with Gasteiger partial charge in [0, 0.05) is 30.9 Å². The number of nitrogens with zero attached hydrogens (tertiary/aromatic N) is 1. The second-order valence-electron chi connectivity index (χ2n) is 6.86. The van der Waals surface area contributed by atoms with Crippen LogP contribution < -0.4 is 5.32 Å². The Hall–Kier alpha value is -1.51. The van der Waals surface area contributed by atoms with Crippen LogP contribution in [0, 0.1) is 11.8 Å². The summed E-state index contributed by atoms with van der Waals surface area (Å²) < 4.78 is 0. The topological polar surface area (TPSA) is 32.3 Å². The maximum absolute atomic E-state index is 13.0. The van der Waals surface area contributed by atoms with Gasteiger partial charge in [-0.05, 0) is 42.4 Å². The summed E-state index contributed by atoms with van der Waals surface area (Å²) in [4.78, 5) is 15.0. The van der Waals surface area contributed by atoms with Gasteiger partial charge in [0.25, 0.3) is 5.91 Å². The lowest BCUT2D eigenvalue weighted by atomic mass is 9.96. The Kier molecular flexibility index (Phi) is 5.27. The van der Waals surface area contributed by atoms with Crippen LogP contribution in [0.4, 0.5) is 5.69 Å². The van der Waals surface area contributed by atoms with E-state index in [1.807, 2.05) is 17.0 Å². The molecule has 1 amide bonds. The molecule has 3 heteroatoms. The minimum absolute atomic E-state index is 0.193. The monoisotopic (exact) mass is 288 g/mol. The van der Waals surface area contributed by atoms with Crippen molar-refractivity contribution < 1.29 is 4.79 Å². The summed E-state index contributed by atoms with van der Waals surface area (Å²) >= 11 is 0. The lowest BCUT2D eigenvalue weighted by Gasteiger charge is -2.28. The maximum atomic E-state index is 13.0. The quantitative estimate of drug-likeness (QED) is 0.894. The molecule has 0 atom stereocenters. The zero-order chi connectivity index (χ0) is 15.4. The number of carbonyl (C=O) groups excluding carboxylic acids is 1. The summed E-state index contributed by atoms with van der Waals surface area (Å²) in [5.41, 5.74) is 3.23. The SMILES string of the molecule is CC(C)CN(CC(C)C)C(=O)c1cccc2c1CCCN2. The average molecular weight is 288 g/mol. The molecule has 0 radical (unpaired) electrons. The lowest BCUT2D eigenvalue weighted by molar-refractivity contribution is 0.0714. The molecule has 21 heavy (non-hydrogen) atoms. The van der Waals surface area contributed by atoms with Gasteiger partial charge in [0.15, 0.2) is 0 Å². The molecule has 0 saturated carbocycles. The standard InChI is InChI=1S/C18H28N2O/c1-13(2)11-20(12-14(3)4)18(21)16-7-5-9-17-15(16)8-6-10-19-17/h5,7,9,13-14,19H,6,8,10-12H2,1-4H3. The number of amides is 1. The van der Waals surface area contributed by atoms with Crippen LogP contribution in [0.1, 0.15) is 50.0 Å². The molecule has 1 aromatic rings. The van der Waals surface area contributed by atoms with Crippen LogP contribution in [0.5, 0.6) is 0 Å². The number of carbonyl (C=O) groups is 1. The van der Waals surface area contributed by atoms with Crippen LogP contribution in [0.2, 0.25) is 0 Å². The zero-order valence-corrected chi connectivity index (χ0v) is 13.8. The van der Waals surface area contributed by atoms with Crippen LogP contribution in [-0.2, 0) is 6.42 Å². The molecule has 0 saturated heterocycles. The molecule has 0 bridgehead atoms. The van der Waals surface area contributed by atoms with Crippen molar-refractivity contribution >= 4 is 11.6 Å². The third-order valence-electron chi connectivity index (χ3n) is 3.78. The van der Waals surface area contributed by atoms with Crippen molar-refractivity contribution in [2.75, 3.05) is 25.0 Å². The predicted octanol–water partition coefficient (Wildman–Crippen LogP) is 3.80. The van der Waals surface area contributed by atoms with Gasteiger partial charge in [-0.1, -0.05) is 33.8 Å². The average Bonchev–Trinajstić information content (AvgIpc) is 2.44. The van der Waals surface area contributed by atoms with Gasteiger partial charge in [-0.15, -0.1) is 0 Å². The van der Waals surface area contributed by atoms with Gasteiger partial charge >= 0.3 is 0 Å². The van der Waals surface area contributed by atoms with Gasteiger partial charge in [0.1, 0.15) is 0 Å². The van der Waals surface area contributed by atoms with E-state index >= 15 is 0 Å². The van der Waals surface area contributed by atoms with Crippen molar-refractivity contribution in [1.82, 2.24) is 4.90 Å². The molecule has 3 nitrogen and oxygen atoms in total. The Morgan fingerprint density at radius 1 is 1.19 bits per heavy atom. The van der Waals surface area contributed by atoms with Crippen molar-refractivity contribution in [2.45, 2.75) is 40.5 Å². The zero-order valence-electron chi connectivity index (χ0n) is 13.8. The van der Waals surface area contributed by atoms with Crippen molar-refractivity contribution in [3.63, 3.8) is 0 Å². The molecule has 0 unspecified atom stereocenters. The number of fused-ring (bicyclic) bond motifs is 1. The van der Waals surface area contributed by atoms with Crippen molar-refractivity contribution in [2.24, 2.45) is 11.8 Å². The summed E-state index contributed by atoms with van der Waals surface area (Å²) in [5, 5.41) is 3.41. The number of hydrogen-bond acceptors (Lipinski definition) is 2. The first kappa shape index (κ1) is 15.9. The molecule has 1 aromatic carbocycles. The van der Waals surface area contributed by atoms with E-state index in [1.165, 1.54) is 5.56 Å². The lowest BCUT2D eigenvalue weighted by Crippen LogP contribution is -2.37. The molecule has 2 rings (SSSR count). The number of hydrogen-bond donors (Lipinski definition) is 1. The smallest absolute Gasteiger partial charge is 0.254 e. The Morgan fingerprint density at radius 2 is 1.86 bits per heavy atom. The van der Waals surface area contributed by atoms with Gasteiger partial charge in [0.05, 0.1) is 0 Å². The van der Waals surface area contributed by atoms with Gasteiger partial charge in [-0.2, -0.15) is 0 Å². The summed E-state index contributed by atoms with van der Waals surface area (Å²) in [5.74, 6) is 1.17. The maximum Gasteiger partial charge on any atom is 0.254 e. The van der Waals surface area contributed by atoms with E-state index in [-0.39, 0.29) is 5.91 Å². The van der Waals surface area contributed by atoms with Gasteiger partial charge in [-0.25, -0.2) is 0 Å². The minimum atomic E-state index is 0.193. The first-order valence-electron chi connectivity index (χ1n) is 8.14. The number of nitrogens with one attached hydrogen (secondary N) is 1. The summed E-state index contributed by atoms with van der Waals surface area (Å²) in [6, 6.07) is 6.07. The highest BCUT2D eigenvalue weighted by Crippen LogP contribution is 2.26. The van der Waals surface area contributed by atoms with E-state index in [4.69, 9.17) is 0 Å². The van der Waals surface area contributed by atoms with Gasteiger partial charge in [0.2, 0.25) is 0 Å². The van der Waals surface area contributed by atoms with Gasteiger partial charge < -0.3 is 10.2 Å². The van der Waals surface area contributed by atoms with Crippen LogP contribution in [-0.4, -0.2) is 30.4 Å². The second kappa shape index (κ2) is 6.97. The van der Waals surface area contributed by atoms with Crippen molar-refractivity contribution in [3.05, 3.63) is 29.3 Å². The van der Waals surface area contributed by atoms with E-state index in [0.29, 0.717) is 11.8 Å². The highest BCUT2D eigenvalue weighted by atomic mass is 16.2. The first-order valence-corrected chi connectivity index (χ1v) is 8.14. The van der Waals surface area contributed by atoms with Gasteiger partial charge in [-0.3, -0.25) is 4.79 Å². The van der Waals surface area contributed by atoms with Crippen molar-refractivity contribution in [3.8, 4) is 0 Å². The van der Waals surface area contributed by atoms with E-state index in [2.05, 4.69) is 39.1 Å². The third kappa shape index (κ3) is 3.99. The molecule has 0 aliphatic carbocycles. The normalized spacial score (nSPS) is 14.0. The largest absolute Gasteiger partial charge is 0.385 e. The molecule has 1 N–H and O–H groups in total. The van der Waals surface area contributed by atoms with E-state index < -0.39 is 0 Å². The predicted molar refractivity (Wildman–Crippen MR) is 88.8 cm³/mol. The fraction of sp³-hybridized carbons (Fsp3) is 0.611. The van der Waals surface area contributed by atoms with Crippen LogP contribution in [0.25, 0.3) is 0 Å². The summed E-state index contributed by atoms with van der Waals surface area (Å²) in [7, 11) is 0. The van der Waals surface area contributed by atoms with Crippen molar-refractivity contribution in [1.29, 1.82) is 0 Å². The molecule has 0 aromatic heterocycles. The molecular weight excluding hydrogens is 260 g/mol. The molecular formula is C18H28N2O. The van der Waals surface area contributed by atoms with Crippen LogP contribution >= 0.6 is 0 Å². The third-order valence-corrected chi connectivity index (χ3v) is 3.78. The summed E-state index contributed by atoms with van der Waals surface area (Å²) in [6.07, 6.45) is 2.10. The van der Waals surface area contributed by atoms with E-state index in [9.17, 15) is 4.79 Å². The highest BCUT2D eigenvalue weighted by Gasteiger charge is 2.23. The Bertz CT molecular complexity index is 484. The number of benzene rings is 1. The molecule has 0 fully saturated rings. The Labute approximate surface area is 128 Å². The molecule has 1 aliphatic heterocycles. The highest BCUT2D eigenvalue weighted by molar-refractivity contribution is 5.97. The number of anilines is 1.